The largest absolute Gasteiger partial charge is 0.481 e. The molecule has 0 bridgehead atoms. The van der Waals surface area contributed by atoms with Crippen LogP contribution >= 0.6 is 34.8 Å². The van der Waals surface area contributed by atoms with Crippen LogP contribution in [-0.2, 0) is 79.4 Å². The van der Waals surface area contributed by atoms with Gasteiger partial charge in [-0.25, -0.2) is 0 Å². The Morgan fingerprint density at radius 2 is 0.605 bits per heavy atom. The number of carbonyl (C=O) groups excluding carboxylic acids is 3. The summed E-state index contributed by atoms with van der Waals surface area (Å²) in [5.41, 5.74) is 16.3. The Balaban J connectivity index is 0.000000121. The molecule has 6 aromatic carbocycles. The first-order valence-corrected chi connectivity index (χ1v) is 34.1. The van der Waals surface area contributed by atoms with Crippen LogP contribution in [0.25, 0.3) is 0 Å². The number of ketones is 2. The van der Waals surface area contributed by atoms with Crippen LogP contribution in [0.5, 0.6) is 0 Å². The van der Waals surface area contributed by atoms with E-state index in [0.717, 1.165) is 59.7 Å². The SMILES string of the molecule is O=C(Cc1ccc(Cl)cc1)CC1CCC2(CCc3ccccc32)CC1.O=C(Cc1ccc(Cl)cc1)CC1CCC2(CCc3ccccc32)CC1.O=C(Cl)CC1CCC2(CCc3ccccc32)CC1.O=C(O)CC1CCC2(CCc3ccccc32)CC1. The summed E-state index contributed by atoms with van der Waals surface area (Å²) in [6, 6.07) is 51.0. The quantitative estimate of drug-likeness (QED) is 0.123. The number of carbonyl (C=O) groups is 4. The molecule has 6 aromatic rings. The molecule has 5 nitrogen and oxygen atoms in total. The van der Waals surface area contributed by atoms with Gasteiger partial charge in [0.05, 0.1) is 0 Å². The molecule has 0 aliphatic heterocycles. The average molecular weight is 1210 g/mol. The maximum atomic E-state index is 12.4. The first-order valence-electron chi connectivity index (χ1n) is 32.9. The maximum absolute atomic E-state index is 12.4. The van der Waals surface area contributed by atoms with Crippen LogP contribution in [0.15, 0.2) is 146 Å². The fraction of sp³-hybridized carbons (Fsp3) is 0.487. The number of Topliss-reactive ketones (excluding diaryl/α,β-unsaturated/α-hetero) is 2. The number of hydrogen-bond acceptors (Lipinski definition) is 4. The van der Waals surface area contributed by atoms with Crippen LogP contribution in [0.4, 0.5) is 0 Å². The minimum atomic E-state index is -0.636. The number of rotatable bonds is 12. The van der Waals surface area contributed by atoms with E-state index in [1.807, 2.05) is 48.5 Å². The van der Waals surface area contributed by atoms with Crippen LogP contribution in [0.1, 0.15) is 210 Å². The molecule has 8 aliphatic carbocycles. The monoisotopic (exact) mass is 1210 g/mol. The topological polar surface area (TPSA) is 88.5 Å². The molecular formula is C78H89Cl3O5. The zero-order chi connectivity index (χ0) is 59.7. The number of aliphatic carboxylic acids is 1. The van der Waals surface area contributed by atoms with Crippen molar-refractivity contribution in [2.75, 3.05) is 0 Å². The van der Waals surface area contributed by atoms with Gasteiger partial charge in [-0.1, -0.05) is 145 Å². The molecular weight excluding hydrogens is 1120 g/mol. The van der Waals surface area contributed by atoms with E-state index in [-0.39, 0.29) is 5.24 Å². The number of hydrogen-bond donors (Lipinski definition) is 1. The second-order valence-electron chi connectivity index (χ2n) is 27.8. The van der Waals surface area contributed by atoms with E-state index in [9.17, 15) is 19.2 Å². The summed E-state index contributed by atoms with van der Waals surface area (Å²) in [5.74, 6) is 2.17. The molecule has 0 amide bonds. The summed E-state index contributed by atoms with van der Waals surface area (Å²) >= 11 is 17.3. The molecule has 8 heteroatoms. The van der Waals surface area contributed by atoms with Gasteiger partial charge in [-0.15, -0.1) is 0 Å². The van der Waals surface area contributed by atoms with Crippen molar-refractivity contribution < 1.29 is 24.3 Å². The molecule has 4 saturated carbocycles. The Hall–Kier alpha value is -5.33. The molecule has 1 N–H and O–H groups in total. The summed E-state index contributed by atoms with van der Waals surface area (Å²) in [6.45, 7) is 0. The Labute approximate surface area is 527 Å². The lowest BCUT2D eigenvalue weighted by Gasteiger charge is -2.38. The van der Waals surface area contributed by atoms with Crippen LogP contribution in [0.3, 0.4) is 0 Å². The van der Waals surface area contributed by atoms with Crippen molar-refractivity contribution in [1.29, 1.82) is 0 Å². The normalized spacial score (nSPS) is 27.3. The van der Waals surface area contributed by atoms with E-state index < -0.39 is 5.97 Å². The molecule has 14 rings (SSSR count). The van der Waals surface area contributed by atoms with E-state index in [1.165, 1.54) is 134 Å². The Morgan fingerprint density at radius 1 is 0.349 bits per heavy atom. The molecule has 0 aromatic heterocycles. The highest BCUT2D eigenvalue weighted by Crippen LogP contribution is 2.54. The van der Waals surface area contributed by atoms with Crippen molar-refractivity contribution in [3.63, 3.8) is 0 Å². The fourth-order valence-electron chi connectivity index (χ4n) is 17.8. The Kier molecular flexibility index (Phi) is 20.3. The van der Waals surface area contributed by atoms with Crippen molar-refractivity contribution in [2.24, 2.45) is 23.7 Å². The number of benzene rings is 6. The van der Waals surface area contributed by atoms with Gasteiger partial charge in [0.25, 0.3) is 0 Å². The predicted octanol–water partition coefficient (Wildman–Crippen LogP) is 19.6. The third-order valence-electron chi connectivity index (χ3n) is 22.7. The summed E-state index contributed by atoms with van der Waals surface area (Å²) in [5, 5.41) is 10.2. The van der Waals surface area contributed by atoms with Gasteiger partial charge in [-0.05, 0) is 291 Å². The third-order valence-corrected chi connectivity index (χ3v) is 23.3. The van der Waals surface area contributed by atoms with Gasteiger partial charge in [0, 0.05) is 48.6 Å². The van der Waals surface area contributed by atoms with Gasteiger partial charge < -0.3 is 5.11 Å². The molecule has 4 fully saturated rings. The van der Waals surface area contributed by atoms with Crippen molar-refractivity contribution >= 4 is 57.6 Å². The first kappa shape index (κ1) is 62.3. The summed E-state index contributed by atoms with van der Waals surface area (Å²) in [7, 11) is 0. The zero-order valence-electron chi connectivity index (χ0n) is 50.6. The summed E-state index contributed by atoms with van der Waals surface area (Å²) in [4.78, 5) is 46.7. The number of halogens is 3. The fourth-order valence-corrected chi connectivity index (χ4v) is 18.3. The second kappa shape index (κ2) is 28.0. The highest BCUT2D eigenvalue weighted by Gasteiger charge is 2.45. The van der Waals surface area contributed by atoms with Gasteiger partial charge in [-0.2, -0.15) is 0 Å². The number of carboxylic acid groups (broad SMARTS) is 1. The van der Waals surface area contributed by atoms with Gasteiger partial charge in [0.15, 0.2) is 0 Å². The number of aryl methyl sites for hydroxylation is 4. The third kappa shape index (κ3) is 14.9. The summed E-state index contributed by atoms with van der Waals surface area (Å²) in [6.07, 6.45) is 32.7. The van der Waals surface area contributed by atoms with Gasteiger partial charge in [0.2, 0.25) is 5.24 Å². The minimum Gasteiger partial charge on any atom is -0.481 e. The molecule has 4 spiro atoms. The predicted molar refractivity (Wildman–Crippen MR) is 351 cm³/mol. The molecule has 86 heavy (non-hydrogen) atoms. The van der Waals surface area contributed by atoms with E-state index in [4.69, 9.17) is 39.9 Å². The number of carboxylic acids is 1. The van der Waals surface area contributed by atoms with Crippen LogP contribution in [0, 0.1) is 23.7 Å². The van der Waals surface area contributed by atoms with E-state index in [1.54, 1.807) is 38.9 Å². The lowest BCUT2D eigenvalue weighted by molar-refractivity contribution is -0.138. The zero-order valence-corrected chi connectivity index (χ0v) is 52.9. The standard InChI is InChI=1S/2C23H25ClO.C16H19ClO.C16H20O2/c2*24-20-7-5-17(6-8-20)15-21(25)16-18-9-12-23(13-10-18)14-11-19-3-1-2-4-22(19)23;2*17-15(18)11-12-5-8-16(9-6-12)10-7-13-3-1-2-4-14(13)16/h2*1-8,18H,9-16H2;1-4,12H,5-11H2;1-4,12H,5-11H2,(H,17,18). The average Bonchev–Trinajstić information content (AvgIpc) is 2.87. The molecule has 0 atom stereocenters. The van der Waals surface area contributed by atoms with E-state index in [2.05, 4.69) is 97.1 Å². The van der Waals surface area contributed by atoms with Crippen LogP contribution in [0.2, 0.25) is 10.0 Å². The van der Waals surface area contributed by atoms with Gasteiger partial charge in [-0.3, -0.25) is 19.2 Å². The first-order chi connectivity index (χ1) is 41.7. The maximum Gasteiger partial charge on any atom is 0.303 e. The lowest BCUT2D eigenvalue weighted by atomic mass is 9.66. The van der Waals surface area contributed by atoms with Crippen molar-refractivity contribution in [3.8, 4) is 0 Å². The Morgan fingerprint density at radius 3 is 0.872 bits per heavy atom. The van der Waals surface area contributed by atoms with Crippen LogP contribution < -0.4 is 0 Å². The molecule has 0 saturated heterocycles. The second-order valence-corrected chi connectivity index (χ2v) is 29.1. The highest BCUT2D eigenvalue weighted by atomic mass is 35.5. The molecule has 0 radical (unpaired) electrons. The molecule has 0 unspecified atom stereocenters. The molecule has 8 aliphatic rings. The molecule has 0 heterocycles. The van der Waals surface area contributed by atoms with Crippen molar-refractivity contribution in [3.05, 3.63) is 211 Å². The van der Waals surface area contributed by atoms with Gasteiger partial charge >= 0.3 is 5.97 Å². The smallest absolute Gasteiger partial charge is 0.303 e. The highest BCUT2D eigenvalue weighted by molar-refractivity contribution is 6.63. The van der Waals surface area contributed by atoms with E-state index in [0.29, 0.717) is 82.6 Å². The van der Waals surface area contributed by atoms with E-state index >= 15 is 0 Å². The summed E-state index contributed by atoms with van der Waals surface area (Å²) < 4.78 is 0. The van der Waals surface area contributed by atoms with Crippen molar-refractivity contribution in [2.45, 2.75) is 214 Å². The van der Waals surface area contributed by atoms with Gasteiger partial charge in [0.1, 0.15) is 11.6 Å². The Bertz CT molecular complexity index is 3070. The minimum absolute atomic E-state index is 0.164. The lowest BCUT2D eigenvalue weighted by Crippen LogP contribution is -2.30. The molecule has 452 valence electrons. The number of fused-ring (bicyclic) bond motifs is 8. The van der Waals surface area contributed by atoms with Crippen molar-refractivity contribution in [1.82, 2.24) is 0 Å². The van der Waals surface area contributed by atoms with Crippen LogP contribution in [-0.4, -0.2) is 27.9 Å².